The largest absolute Gasteiger partial charge is 0.507 e. The highest BCUT2D eigenvalue weighted by molar-refractivity contribution is 5.74. The van der Waals surface area contributed by atoms with Crippen LogP contribution in [0.1, 0.15) is 52.4 Å². The monoisotopic (exact) mass is 464 g/mol. The lowest BCUT2D eigenvalue weighted by atomic mass is 9.55. The van der Waals surface area contributed by atoms with Gasteiger partial charge in [0.05, 0.1) is 19.0 Å². The molecule has 2 heterocycles. The van der Waals surface area contributed by atoms with Crippen molar-refractivity contribution in [2.45, 2.75) is 58.5 Å². The van der Waals surface area contributed by atoms with Gasteiger partial charge in [0.2, 0.25) is 11.8 Å². The molecule has 2 aliphatic rings. The second-order valence-electron chi connectivity index (χ2n) is 10.4. The molecule has 34 heavy (non-hydrogen) atoms. The van der Waals surface area contributed by atoms with Gasteiger partial charge in [-0.1, -0.05) is 20.3 Å². The van der Waals surface area contributed by atoms with Gasteiger partial charge in [-0.2, -0.15) is 5.10 Å². The van der Waals surface area contributed by atoms with E-state index in [2.05, 4.69) is 34.2 Å². The van der Waals surface area contributed by atoms with Crippen molar-refractivity contribution >= 4 is 0 Å². The van der Waals surface area contributed by atoms with Crippen LogP contribution < -0.4 is 9.47 Å². The van der Waals surface area contributed by atoms with Crippen LogP contribution in [0.5, 0.6) is 17.5 Å². The summed E-state index contributed by atoms with van der Waals surface area (Å²) in [5.74, 6) is 0.0651. The van der Waals surface area contributed by atoms with Gasteiger partial charge in [0.1, 0.15) is 17.7 Å². The van der Waals surface area contributed by atoms with Crippen molar-refractivity contribution in [3.8, 4) is 39.9 Å². The van der Waals surface area contributed by atoms with Crippen molar-refractivity contribution in [3.63, 3.8) is 0 Å². The number of rotatable bonds is 5. The van der Waals surface area contributed by atoms with Crippen LogP contribution >= 0.6 is 0 Å². The molecule has 0 spiro atoms. The first-order chi connectivity index (χ1) is 16.3. The lowest BCUT2D eigenvalue weighted by Crippen LogP contribution is -2.45. The quantitative estimate of drug-likeness (QED) is 0.527. The Balaban J connectivity index is 1.35. The zero-order valence-electron chi connectivity index (χ0n) is 19.7. The van der Waals surface area contributed by atoms with Gasteiger partial charge >= 0.3 is 0 Å². The van der Waals surface area contributed by atoms with Gasteiger partial charge in [-0.05, 0) is 61.1 Å². The highest BCUT2D eigenvalue weighted by Crippen LogP contribution is 2.55. The van der Waals surface area contributed by atoms with E-state index in [1.54, 1.807) is 18.2 Å². The minimum atomic E-state index is -0.528. The Bertz CT molecular complexity index is 1190. The lowest BCUT2D eigenvalue weighted by molar-refractivity contribution is -0.0421. The minimum absolute atomic E-state index is 0.111. The maximum atomic E-state index is 14.9. The van der Waals surface area contributed by atoms with E-state index in [1.165, 1.54) is 51.1 Å². The molecule has 1 aromatic carbocycles. The molecule has 5 rings (SSSR count). The Labute approximate surface area is 198 Å². The lowest BCUT2D eigenvalue weighted by Gasteiger charge is -2.51. The molecule has 2 saturated carbocycles. The predicted octanol–water partition coefficient (Wildman–Crippen LogP) is 5.58. The molecular formula is C26H29FN4O3. The minimum Gasteiger partial charge on any atom is -0.507 e. The number of hydrogen-bond acceptors (Lipinski definition) is 7. The zero-order valence-corrected chi connectivity index (χ0v) is 19.7. The highest BCUT2D eigenvalue weighted by atomic mass is 19.1. The third-order valence-electron chi connectivity index (χ3n) is 7.30. The van der Waals surface area contributed by atoms with Gasteiger partial charge in [0.25, 0.3) is 0 Å². The van der Waals surface area contributed by atoms with E-state index in [1.807, 2.05) is 0 Å². The molecule has 1 N–H and O–H groups in total. The second-order valence-corrected chi connectivity index (χ2v) is 10.4. The van der Waals surface area contributed by atoms with Crippen LogP contribution in [0.25, 0.3) is 22.4 Å². The van der Waals surface area contributed by atoms with Gasteiger partial charge in [0.15, 0.2) is 0 Å². The predicted molar refractivity (Wildman–Crippen MR) is 125 cm³/mol. The topological polar surface area (TPSA) is 90.2 Å². The molecule has 2 aliphatic carbocycles. The number of ether oxygens (including phenoxy) is 2. The van der Waals surface area contributed by atoms with Gasteiger partial charge in [-0.3, -0.25) is 0 Å². The molecule has 8 heteroatoms. The Morgan fingerprint density at radius 3 is 2.41 bits per heavy atom. The fourth-order valence-electron chi connectivity index (χ4n) is 6.03. The van der Waals surface area contributed by atoms with Crippen LogP contribution in [0.2, 0.25) is 0 Å². The van der Waals surface area contributed by atoms with Crippen LogP contribution in [-0.4, -0.2) is 38.7 Å². The number of halogens is 1. The van der Waals surface area contributed by atoms with E-state index in [-0.39, 0.29) is 28.9 Å². The Kier molecular flexibility index (Phi) is 5.62. The molecule has 0 saturated heterocycles. The molecule has 1 unspecified atom stereocenters. The van der Waals surface area contributed by atoms with Crippen molar-refractivity contribution in [2.24, 2.45) is 10.8 Å². The normalized spacial score (nSPS) is 26.2. The summed E-state index contributed by atoms with van der Waals surface area (Å²) in [6.45, 7) is 4.74. The summed E-state index contributed by atoms with van der Waals surface area (Å²) in [4.78, 5) is 0. The highest BCUT2D eigenvalue weighted by Gasteiger charge is 2.47. The maximum absolute atomic E-state index is 14.9. The van der Waals surface area contributed by atoms with E-state index < -0.39 is 5.82 Å². The Morgan fingerprint density at radius 2 is 1.74 bits per heavy atom. The van der Waals surface area contributed by atoms with Crippen LogP contribution in [-0.2, 0) is 0 Å². The fourth-order valence-corrected chi connectivity index (χ4v) is 6.03. The summed E-state index contributed by atoms with van der Waals surface area (Å²) >= 11 is 0. The first-order valence-corrected chi connectivity index (χ1v) is 11.7. The van der Waals surface area contributed by atoms with E-state index in [0.717, 1.165) is 12.8 Å². The first kappa shape index (κ1) is 22.5. The number of methoxy groups -OCH3 is 1. The summed E-state index contributed by atoms with van der Waals surface area (Å²) in [5, 5.41) is 26.6. The third-order valence-corrected chi connectivity index (χ3v) is 7.30. The van der Waals surface area contributed by atoms with Crippen LogP contribution in [0.3, 0.4) is 0 Å². The standard InChI is InChI=1S/C26H29FN4O3/c1-25-7-4-8-26(2,15-25)13-17(12-25)34-23-6-5-21(29-31-23)19-10-20(27)18(11-22(19)32)16-9-24(33-3)30-28-14-16/h5-6,9-11,14,17,32H,4,7-8,12-13,15H2,1-3H3/t17?,25-,26+. The van der Waals surface area contributed by atoms with Crippen molar-refractivity contribution < 1.29 is 19.0 Å². The average molecular weight is 465 g/mol. The number of nitrogens with zero attached hydrogens (tertiary/aromatic N) is 4. The number of aromatic hydroxyl groups is 1. The van der Waals surface area contributed by atoms with Crippen LogP contribution in [0, 0.1) is 16.6 Å². The van der Waals surface area contributed by atoms with Crippen molar-refractivity contribution in [1.29, 1.82) is 0 Å². The van der Waals surface area contributed by atoms with E-state index in [4.69, 9.17) is 9.47 Å². The average Bonchev–Trinajstić information content (AvgIpc) is 2.79. The summed E-state index contributed by atoms with van der Waals surface area (Å²) in [5.41, 5.74) is 1.89. The van der Waals surface area contributed by atoms with Gasteiger partial charge in [0, 0.05) is 28.8 Å². The molecule has 0 aliphatic heterocycles. The number of hydrogen-bond donors (Lipinski definition) is 1. The maximum Gasteiger partial charge on any atom is 0.233 e. The van der Waals surface area contributed by atoms with E-state index in [9.17, 15) is 9.50 Å². The fraction of sp³-hybridized carbons (Fsp3) is 0.462. The Morgan fingerprint density at radius 1 is 0.971 bits per heavy atom. The molecule has 0 radical (unpaired) electrons. The number of phenolic OH excluding ortho intramolecular Hbond substituents is 1. The molecule has 2 fully saturated rings. The van der Waals surface area contributed by atoms with Crippen LogP contribution in [0.15, 0.2) is 36.5 Å². The molecule has 2 aromatic heterocycles. The second kappa shape index (κ2) is 8.49. The number of aromatic nitrogens is 4. The molecule has 0 amide bonds. The van der Waals surface area contributed by atoms with E-state index >= 15 is 0 Å². The van der Waals surface area contributed by atoms with E-state index in [0.29, 0.717) is 28.0 Å². The molecule has 178 valence electrons. The summed E-state index contributed by atoms with van der Waals surface area (Å²) < 4.78 is 26.2. The summed E-state index contributed by atoms with van der Waals surface area (Å²) in [7, 11) is 1.46. The molecule has 7 nitrogen and oxygen atoms in total. The molecule has 2 bridgehead atoms. The molecule has 3 aromatic rings. The van der Waals surface area contributed by atoms with Gasteiger partial charge in [-0.25, -0.2) is 4.39 Å². The summed E-state index contributed by atoms with van der Waals surface area (Å²) in [6.07, 6.45) is 8.60. The van der Waals surface area contributed by atoms with Gasteiger partial charge in [-0.15, -0.1) is 15.3 Å². The summed E-state index contributed by atoms with van der Waals surface area (Å²) in [6, 6.07) is 7.57. The number of fused-ring (bicyclic) bond motifs is 2. The molecule has 3 atom stereocenters. The number of phenols is 1. The van der Waals surface area contributed by atoms with Gasteiger partial charge < -0.3 is 14.6 Å². The SMILES string of the molecule is COc1cc(-c2cc(O)c(-c3ccc(OC4C[C@]5(C)CCC[C@](C)(C4)C5)nn3)cc2F)cnn1. The first-order valence-electron chi connectivity index (χ1n) is 11.7. The molecular weight excluding hydrogens is 435 g/mol. The van der Waals surface area contributed by atoms with Crippen molar-refractivity contribution in [3.05, 3.63) is 42.3 Å². The van der Waals surface area contributed by atoms with Crippen LogP contribution in [0.4, 0.5) is 4.39 Å². The van der Waals surface area contributed by atoms with Crippen molar-refractivity contribution in [2.75, 3.05) is 7.11 Å². The number of benzene rings is 1. The zero-order chi connectivity index (χ0) is 23.9. The third kappa shape index (κ3) is 4.41. The smallest absolute Gasteiger partial charge is 0.233 e. The Hall–Kier alpha value is -3.29. The van der Waals surface area contributed by atoms with Crippen molar-refractivity contribution in [1.82, 2.24) is 20.4 Å².